The van der Waals surface area contributed by atoms with Crippen molar-refractivity contribution in [1.82, 2.24) is 4.98 Å². The van der Waals surface area contributed by atoms with E-state index in [-0.39, 0.29) is 5.54 Å². The zero-order valence-electron chi connectivity index (χ0n) is 12.6. The van der Waals surface area contributed by atoms with Gasteiger partial charge in [-0.15, -0.1) is 0 Å². The lowest BCUT2D eigenvalue weighted by atomic mass is 10.0. The summed E-state index contributed by atoms with van der Waals surface area (Å²) in [4.78, 5) is 4.48. The predicted molar refractivity (Wildman–Crippen MR) is 82.3 cm³/mol. The van der Waals surface area contributed by atoms with E-state index in [1.807, 2.05) is 18.2 Å². The molecule has 1 aromatic heterocycles. The van der Waals surface area contributed by atoms with Gasteiger partial charge in [0.2, 0.25) is 0 Å². The Morgan fingerprint density at radius 2 is 2.00 bits per heavy atom. The van der Waals surface area contributed by atoms with E-state index in [9.17, 15) is 0 Å². The third-order valence-corrected chi connectivity index (χ3v) is 3.91. The van der Waals surface area contributed by atoms with Crippen LogP contribution in [-0.2, 0) is 4.74 Å². The lowest BCUT2D eigenvalue weighted by molar-refractivity contribution is 0.185. The molecule has 0 spiro atoms. The maximum absolute atomic E-state index is 5.49. The molecule has 21 heavy (non-hydrogen) atoms. The number of nitrogens with one attached hydrogen (secondary N) is 1. The number of hydrogen-bond donors (Lipinski definition) is 1. The number of hydrogen-bond acceptors (Lipinski definition) is 5. The Morgan fingerprint density at radius 3 is 2.67 bits per heavy atom. The first kappa shape index (κ1) is 13.9. The van der Waals surface area contributed by atoms with Crippen molar-refractivity contribution >= 4 is 16.6 Å². The molecule has 0 bridgehead atoms. The minimum Gasteiger partial charge on any atom is -0.493 e. The normalized spacial score (nSPS) is 21.5. The standard InChI is InChI=1S/C16H20N2O3/c1-16(5-7-21-10-16)18-15-12-9-14(20-3)13(19-2)8-11(12)4-6-17-15/h4,6,8-9H,5,7,10H2,1-3H3,(H,17,18). The monoisotopic (exact) mass is 288 g/mol. The third-order valence-electron chi connectivity index (χ3n) is 3.91. The molecule has 0 radical (unpaired) electrons. The molecule has 0 amide bonds. The molecule has 1 unspecified atom stereocenters. The number of rotatable bonds is 4. The number of nitrogens with zero attached hydrogens (tertiary/aromatic N) is 1. The van der Waals surface area contributed by atoms with E-state index in [2.05, 4.69) is 17.2 Å². The summed E-state index contributed by atoms with van der Waals surface area (Å²) in [6.07, 6.45) is 2.77. The van der Waals surface area contributed by atoms with Gasteiger partial charge < -0.3 is 19.5 Å². The summed E-state index contributed by atoms with van der Waals surface area (Å²) in [5, 5.41) is 5.60. The second-order valence-electron chi connectivity index (χ2n) is 5.58. The van der Waals surface area contributed by atoms with Crippen LogP contribution in [0.15, 0.2) is 24.4 Å². The fourth-order valence-electron chi connectivity index (χ4n) is 2.65. The van der Waals surface area contributed by atoms with Crippen molar-refractivity contribution in [1.29, 1.82) is 0 Å². The SMILES string of the molecule is COc1cc2ccnc(NC3(C)CCOC3)c2cc1OC. The highest BCUT2D eigenvalue weighted by Crippen LogP contribution is 2.35. The zero-order chi connectivity index (χ0) is 14.9. The third kappa shape index (κ3) is 2.61. The molecule has 1 fully saturated rings. The van der Waals surface area contributed by atoms with Crippen LogP contribution < -0.4 is 14.8 Å². The van der Waals surface area contributed by atoms with Crippen molar-refractivity contribution in [3.63, 3.8) is 0 Å². The molecule has 1 aromatic carbocycles. The molecule has 1 saturated heterocycles. The lowest BCUT2D eigenvalue weighted by Crippen LogP contribution is -2.35. The molecule has 0 saturated carbocycles. The largest absolute Gasteiger partial charge is 0.493 e. The van der Waals surface area contributed by atoms with E-state index in [0.717, 1.165) is 35.4 Å². The van der Waals surface area contributed by atoms with E-state index < -0.39 is 0 Å². The number of pyridine rings is 1. The number of fused-ring (bicyclic) bond motifs is 1. The highest BCUT2D eigenvalue weighted by molar-refractivity contribution is 5.94. The van der Waals surface area contributed by atoms with Gasteiger partial charge in [-0.05, 0) is 36.9 Å². The van der Waals surface area contributed by atoms with Crippen molar-refractivity contribution in [2.24, 2.45) is 0 Å². The molecule has 3 rings (SSSR count). The van der Waals surface area contributed by atoms with Gasteiger partial charge in [0.1, 0.15) is 5.82 Å². The summed E-state index contributed by atoms with van der Waals surface area (Å²) in [5.41, 5.74) is -0.0750. The summed E-state index contributed by atoms with van der Waals surface area (Å²) in [5.74, 6) is 2.27. The van der Waals surface area contributed by atoms with Crippen LogP contribution in [0.3, 0.4) is 0 Å². The van der Waals surface area contributed by atoms with Gasteiger partial charge in [-0.25, -0.2) is 4.98 Å². The Morgan fingerprint density at radius 1 is 1.24 bits per heavy atom. The van der Waals surface area contributed by atoms with Crippen molar-refractivity contribution < 1.29 is 14.2 Å². The molecule has 1 N–H and O–H groups in total. The Kier molecular flexibility index (Phi) is 3.59. The first-order valence-electron chi connectivity index (χ1n) is 7.02. The van der Waals surface area contributed by atoms with Gasteiger partial charge in [0.05, 0.1) is 26.4 Å². The van der Waals surface area contributed by atoms with Crippen LogP contribution in [0, 0.1) is 0 Å². The average molecular weight is 288 g/mol. The smallest absolute Gasteiger partial charge is 0.161 e. The topological polar surface area (TPSA) is 52.6 Å². The van der Waals surface area contributed by atoms with Crippen LogP contribution in [0.2, 0.25) is 0 Å². The highest BCUT2D eigenvalue weighted by Gasteiger charge is 2.30. The Balaban J connectivity index is 2.06. The minimum absolute atomic E-state index is 0.0750. The predicted octanol–water partition coefficient (Wildman–Crippen LogP) is 2.84. The molecule has 5 nitrogen and oxygen atoms in total. The molecule has 1 aliphatic heterocycles. The van der Waals surface area contributed by atoms with Crippen molar-refractivity contribution in [2.75, 3.05) is 32.8 Å². The number of anilines is 1. The Bertz CT molecular complexity index is 651. The second-order valence-corrected chi connectivity index (χ2v) is 5.58. The molecule has 5 heteroatoms. The summed E-state index contributed by atoms with van der Waals surface area (Å²) in [6, 6.07) is 5.90. The molecule has 0 aliphatic carbocycles. The van der Waals surface area contributed by atoms with Crippen LogP contribution in [0.1, 0.15) is 13.3 Å². The molecule has 1 aliphatic rings. The van der Waals surface area contributed by atoms with Gasteiger partial charge in [-0.1, -0.05) is 0 Å². The van der Waals surface area contributed by atoms with Gasteiger partial charge in [-0.3, -0.25) is 0 Å². The fraction of sp³-hybridized carbons (Fsp3) is 0.438. The second kappa shape index (κ2) is 5.41. The minimum atomic E-state index is -0.0750. The molecule has 2 heterocycles. The average Bonchev–Trinajstić information content (AvgIpc) is 2.92. The number of benzene rings is 1. The van der Waals surface area contributed by atoms with Gasteiger partial charge in [0.25, 0.3) is 0 Å². The number of methoxy groups -OCH3 is 2. The summed E-state index contributed by atoms with van der Waals surface area (Å²) >= 11 is 0. The molecule has 1 atom stereocenters. The summed E-state index contributed by atoms with van der Waals surface area (Å²) in [6.45, 7) is 3.63. The molecule has 2 aromatic rings. The maximum atomic E-state index is 5.49. The van der Waals surface area contributed by atoms with Crippen LogP contribution in [-0.4, -0.2) is 38.0 Å². The van der Waals surface area contributed by atoms with Crippen LogP contribution in [0.25, 0.3) is 10.8 Å². The van der Waals surface area contributed by atoms with E-state index in [1.165, 1.54) is 0 Å². The van der Waals surface area contributed by atoms with Crippen LogP contribution in [0.4, 0.5) is 5.82 Å². The van der Waals surface area contributed by atoms with Crippen LogP contribution >= 0.6 is 0 Å². The first-order chi connectivity index (χ1) is 10.1. The number of ether oxygens (including phenoxy) is 3. The van der Waals surface area contributed by atoms with Crippen molar-refractivity contribution in [3.05, 3.63) is 24.4 Å². The Labute approximate surface area is 124 Å². The quantitative estimate of drug-likeness (QED) is 0.937. The van der Waals surface area contributed by atoms with Crippen LogP contribution in [0.5, 0.6) is 11.5 Å². The van der Waals surface area contributed by atoms with Gasteiger partial charge in [0, 0.05) is 18.2 Å². The summed E-state index contributed by atoms with van der Waals surface area (Å²) < 4.78 is 16.2. The fourth-order valence-corrected chi connectivity index (χ4v) is 2.65. The maximum Gasteiger partial charge on any atom is 0.161 e. The zero-order valence-corrected chi connectivity index (χ0v) is 12.6. The van der Waals surface area contributed by atoms with Gasteiger partial charge in [-0.2, -0.15) is 0 Å². The van der Waals surface area contributed by atoms with Crippen molar-refractivity contribution in [2.45, 2.75) is 18.9 Å². The summed E-state index contributed by atoms with van der Waals surface area (Å²) in [7, 11) is 3.28. The van der Waals surface area contributed by atoms with Gasteiger partial charge >= 0.3 is 0 Å². The first-order valence-corrected chi connectivity index (χ1v) is 7.02. The lowest BCUT2D eigenvalue weighted by Gasteiger charge is -2.25. The Hall–Kier alpha value is -2.01. The molecular weight excluding hydrogens is 268 g/mol. The van der Waals surface area contributed by atoms with E-state index >= 15 is 0 Å². The molecule has 112 valence electrons. The molecular formula is C16H20N2O3. The highest BCUT2D eigenvalue weighted by atomic mass is 16.5. The van der Waals surface area contributed by atoms with Crippen molar-refractivity contribution in [3.8, 4) is 11.5 Å². The van der Waals surface area contributed by atoms with Gasteiger partial charge in [0.15, 0.2) is 11.5 Å². The van der Waals surface area contributed by atoms with E-state index in [0.29, 0.717) is 12.4 Å². The van der Waals surface area contributed by atoms with E-state index in [4.69, 9.17) is 14.2 Å². The number of aromatic nitrogens is 1. The van der Waals surface area contributed by atoms with E-state index in [1.54, 1.807) is 20.4 Å².